The van der Waals surface area contributed by atoms with Crippen LogP contribution in [0.15, 0.2) is 42.5 Å². The fourth-order valence-corrected chi connectivity index (χ4v) is 5.11. The summed E-state index contributed by atoms with van der Waals surface area (Å²) >= 11 is 12.3. The second-order valence-corrected chi connectivity index (χ2v) is 9.97. The van der Waals surface area contributed by atoms with Crippen LogP contribution in [0.3, 0.4) is 0 Å². The fraction of sp³-hybridized carbons (Fsp3) is 0.400. The highest BCUT2D eigenvalue weighted by Gasteiger charge is 2.48. The zero-order valence-electron chi connectivity index (χ0n) is 18.5. The summed E-state index contributed by atoms with van der Waals surface area (Å²) in [5.41, 5.74) is 2.91. The highest BCUT2D eigenvalue weighted by Crippen LogP contribution is 2.38. The van der Waals surface area contributed by atoms with Crippen LogP contribution in [-0.2, 0) is 34.0 Å². The third-order valence-electron chi connectivity index (χ3n) is 6.64. The van der Waals surface area contributed by atoms with E-state index in [0.717, 1.165) is 29.5 Å². The Balaban J connectivity index is 1.32. The van der Waals surface area contributed by atoms with Gasteiger partial charge in [-0.05, 0) is 47.6 Å². The van der Waals surface area contributed by atoms with E-state index in [0.29, 0.717) is 29.7 Å². The molecule has 2 heterocycles. The molecule has 5 rings (SSSR count). The first-order valence-electron chi connectivity index (χ1n) is 11.4. The van der Waals surface area contributed by atoms with E-state index in [1.165, 1.54) is 4.90 Å². The van der Waals surface area contributed by atoms with Gasteiger partial charge >= 0.3 is 6.03 Å². The number of imide groups is 1. The van der Waals surface area contributed by atoms with Gasteiger partial charge in [0.2, 0.25) is 5.91 Å². The number of nitrogens with one attached hydrogen (secondary N) is 1. The van der Waals surface area contributed by atoms with E-state index in [9.17, 15) is 14.4 Å². The quantitative estimate of drug-likeness (QED) is 0.554. The maximum atomic E-state index is 13.6. The van der Waals surface area contributed by atoms with Crippen LogP contribution in [0.1, 0.15) is 29.5 Å². The fourth-order valence-electron chi connectivity index (χ4n) is 4.73. The number of hydrogen-bond donors (Lipinski definition) is 1. The number of nitrogens with zero attached hydrogens (tertiary/aromatic N) is 2. The predicted molar refractivity (Wildman–Crippen MR) is 127 cm³/mol. The number of hydrogen-bond acceptors (Lipinski definition) is 4. The average Bonchev–Trinajstić information content (AvgIpc) is 3.50. The van der Waals surface area contributed by atoms with Crippen molar-refractivity contribution < 1.29 is 19.1 Å². The molecule has 0 spiro atoms. The maximum absolute atomic E-state index is 13.6. The molecule has 2 aliphatic heterocycles. The highest BCUT2D eigenvalue weighted by atomic mass is 35.5. The summed E-state index contributed by atoms with van der Waals surface area (Å²) in [6, 6.07) is 12.3. The molecule has 0 aromatic heterocycles. The molecule has 4 amide bonds. The molecule has 2 unspecified atom stereocenters. The lowest BCUT2D eigenvalue weighted by Crippen LogP contribution is -2.46. The zero-order chi connectivity index (χ0) is 23.8. The van der Waals surface area contributed by atoms with Crippen molar-refractivity contribution >= 4 is 41.0 Å². The van der Waals surface area contributed by atoms with Crippen molar-refractivity contribution in [1.82, 2.24) is 15.1 Å². The molecule has 1 saturated carbocycles. The summed E-state index contributed by atoms with van der Waals surface area (Å²) in [7, 11) is 0. The standard InChI is InChI=1S/C25H25Cl2N3O4/c26-20-8-17-10-29(11-18(17)9-21(20)27)24(32)19(14-34-13-15-4-2-1-3-5-15)12-30-22(16-6-7-16)23(31)28-25(30)33/h1-5,8-9,16,19,22H,6-7,10-14H2,(H,28,31,33). The molecule has 1 saturated heterocycles. The van der Waals surface area contributed by atoms with Gasteiger partial charge in [0, 0.05) is 19.6 Å². The van der Waals surface area contributed by atoms with E-state index in [1.807, 2.05) is 30.3 Å². The van der Waals surface area contributed by atoms with Gasteiger partial charge in [0.05, 0.1) is 29.2 Å². The Kier molecular flexibility index (Phi) is 6.51. The van der Waals surface area contributed by atoms with Crippen LogP contribution >= 0.6 is 23.2 Å². The lowest BCUT2D eigenvalue weighted by Gasteiger charge is -2.29. The van der Waals surface area contributed by atoms with Crippen molar-refractivity contribution in [3.63, 3.8) is 0 Å². The minimum Gasteiger partial charge on any atom is -0.376 e. The minimum absolute atomic E-state index is 0.126. The monoisotopic (exact) mass is 501 g/mol. The third-order valence-corrected chi connectivity index (χ3v) is 7.36. The van der Waals surface area contributed by atoms with Crippen molar-refractivity contribution in [1.29, 1.82) is 0 Å². The Hall–Kier alpha value is -2.61. The topological polar surface area (TPSA) is 79.0 Å². The van der Waals surface area contributed by atoms with Crippen LogP contribution in [0.2, 0.25) is 10.0 Å². The number of halogens is 2. The molecule has 178 valence electrons. The molecule has 1 N–H and O–H groups in total. The van der Waals surface area contributed by atoms with E-state index >= 15 is 0 Å². The van der Waals surface area contributed by atoms with Gasteiger partial charge in [-0.2, -0.15) is 0 Å². The van der Waals surface area contributed by atoms with Crippen molar-refractivity contribution in [2.75, 3.05) is 13.2 Å². The van der Waals surface area contributed by atoms with E-state index in [1.54, 1.807) is 17.0 Å². The summed E-state index contributed by atoms with van der Waals surface area (Å²) in [6.07, 6.45) is 1.82. The van der Waals surface area contributed by atoms with Crippen LogP contribution in [0, 0.1) is 11.8 Å². The van der Waals surface area contributed by atoms with Gasteiger partial charge in [-0.3, -0.25) is 14.9 Å². The molecular formula is C25H25Cl2N3O4. The van der Waals surface area contributed by atoms with Crippen LogP contribution in [0.25, 0.3) is 0 Å². The van der Waals surface area contributed by atoms with E-state index in [-0.39, 0.29) is 30.9 Å². The number of amides is 4. The Morgan fingerprint density at radius 2 is 1.71 bits per heavy atom. The SMILES string of the molecule is O=C1NC(=O)N(CC(COCc2ccccc2)C(=O)N2Cc3cc(Cl)c(Cl)cc3C2)C1C1CC1. The van der Waals surface area contributed by atoms with Gasteiger partial charge in [0.25, 0.3) is 5.91 Å². The molecule has 2 aromatic rings. The predicted octanol–water partition coefficient (Wildman–Crippen LogP) is 4.00. The first-order valence-corrected chi connectivity index (χ1v) is 12.1. The van der Waals surface area contributed by atoms with E-state index in [2.05, 4.69) is 5.32 Å². The molecule has 2 aromatic carbocycles. The van der Waals surface area contributed by atoms with Crippen LogP contribution in [0.4, 0.5) is 4.79 Å². The Morgan fingerprint density at radius 1 is 1.06 bits per heavy atom. The minimum atomic E-state index is -0.609. The lowest BCUT2D eigenvalue weighted by atomic mass is 10.1. The molecule has 34 heavy (non-hydrogen) atoms. The number of carbonyl (C=O) groups excluding carboxylic acids is 3. The second-order valence-electron chi connectivity index (χ2n) is 9.16. The molecule has 0 radical (unpaired) electrons. The van der Waals surface area contributed by atoms with Crippen molar-refractivity contribution in [3.8, 4) is 0 Å². The summed E-state index contributed by atoms with van der Waals surface area (Å²) in [5, 5.41) is 3.32. The molecular weight excluding hydrogens is 477 g/mol. The number of carbonyl (C=O) groups is 3. The molecule has 9 heteroatoms. The normalized spacial score (nSPS) is 20.5. The molecule has 2 fully saturated rings. The summed E-state index contributed by atoms with van der Waals surface area (Å²) < 4.78 is 5.93. The van der Waals surface area contributed by atoms with Gasteiger partial charge in [0.15, 0.2) is 0 Å². The first-order chi connectivity index (χ1) is 16.4. The zero-order valence-corrected chi connectivity index (χ0v) is 20.0. The Labute approximate surface area is 207 Å². The summed E-state index contributed by atoms with van der Waals surface area (Å²) in [5.74, 6) is -0.852. The van der Waals surface area contributed by atoms with Gasteiger partial charge in [-0.25, -0.2) is 4.79 Å². The van der Waals surface area contributed by atoms with Gasteiger partial charge in [-0.1, -0.05) is 53.5 Å². The number of rotatable bonds is 8. The summed E-state index contributed by atoms with van der Waals surface area (Å²) in [4.78, 5) is 41.8. The van der Waals surface area contributed by atoms with Crippen molar-refractivity contribution in [2.24, 2.45) is 11.8 Å². The Bertz CT molecular complexity index is 1090. The van der Waals surface area contributed by atoms with Crippen LogP contribution < -0.4 is 5.32 Å². The van der Waals surface area contributed by atoms with Gasteiger partial charge < -0.3 is 14.5 Å². The van der Waals surface area contributed by atoms with Crippen molar-refractivity contribution in [2.45, 2.75) is 38.6 Å². The molecule has 7 nitrogen and oxygen atoms in total. The Morgan fingerprint density at radius 3 is 2.32 bits per heavy atom. The molecule has 3 aliphatic rings. The van der Waals surface area contributed by atoms with Crippen LogP contribution in [-0.4, -0.2) is 46.8 Å². The van der Waals surface area contributed by atoms with Crippen molar-refractivity contribution in [3.05, 3.63) is 69.2 Å². The highest BCUT2D eigenvalue weighted by molar-refractivity contribution is 6.42. The number of ether oxygens (including phenoxy) is 1. The lowest BCUT2D eigenvalue weighted by molar-refractivity contribution is -0.139. The first kappa shape index (κ1) is 23.1. The molecule has 1 aliphatic carbocycles. The van der Waals surface area contributed by atoms with E-state index < -0.39 is 18.0 Å². The van der Waals surface area contributed by atoms with Gasteiger partial charge in [0.1, 0.15) is 6.04 Å². The average molecular weight is 502 g/mol. The molecule has 2 atom stereocenters. The van der Waals surface area contributed by atoms with E-state index in [4.69, 9.17) is 27.9 Å². The summed E-state index contributed by atoms with van der Waals surface area (Å²) in [6.45, 7) is 1.44. The number of benzene rings is 2. The number of urea groups is 1. The number of fused-ring (bicyclic) bond motifs is 1. The second kappa shape index (κ2) is 9.56. The largest absolute Gasteiger partial charge is 0.376 e. The van der Waals surface area contributed by atoms with Gasteiger partial charge in [-0.15, -0.1) is 0 Å². The molecule has 0 bridgehead atoms. The third kappa shape index (κ3) is 4.78. The van der Waals surface area contributed by atoms with Crippen LogP contribution in [0.5, 0.6) is 0 Å². The smallest absolute Gasteiger partial charge is 0.324 e. The maximum Gasteiger partial charge on any atom is 0.324 e.